The van der Waals surface area contributed by atoms with E-state index in [2.05, 4.69) is 27.7 Å². The van der Waals surface area contributed by atoms with Gasteiger partial charge in [0.1, 0.15) is 6.61 Å². The molecule has 0 saturated carbocycles. The Kier molecular flexibility index (Phi) is 12.7. The Bertz CT molecular complexity index is 404. The van der Waals surface area contributed by atoms with Crippen LogP contribution in [0.2, 0.25) is 0 Å². The topological polar surface area (TPSA) is 26.3 Å². The molecule has 0 saturated heterocycles. The number of esters is 1. The van der Waals surface area contributed by atoms with Gasteiger partial charge in [-0.05, 0) is 30.7 Å². The molecule has 1 atom stereocenters. The maximum absolute atomic E-state index is 12.3. The highest BCUT2D eigenvalue weighted by molar-refractivity contribution is 5.76. The molecule has 1 aromatic rings. The second kappa shape index (κ2) is 12.2. The molecule has 0 aromatic heterocycles. The summed E-state index contributed by atoms with van der Waals surface area (Å²) in [6.07, 6.45) is 1.64. The van der Waals surface area contributed by atoms with Crippen LogP contribution in [0.1, 0.15) is 80.7 Å². The van der Waals surface area contributed by atoms with Gasteiger partial charge in [0.25, 0.3) is 0 Å². The molecule has 0 N–H and O–H groups in total. The van der Waals surface area contributed by atoms with E-state index in [0.29, 0.717) is 6.61 Å². The Morgan fingerprint density at radius 1 is 0.957 bits per heavy atom. The van der Waals surface area contributed by atoms with Crippen molar-refractivity contribution in [1.29, 1.82) is 0 Å². The molecule has 0 aliphatic rings. The van der Waals surface area contributed by atoms with Crippen LogP contribution in [0.3, 0.4) is 0 Å². The number of benzene rings is 1. The normalized spacial score (nSPS) is 12.7. The SMILES string of the molecule is CC.CC.CCC(C)(CC(C)(C)C)C(=O)OCc1ccccc1. The quantitative estimate of drug-likeness (QED) is 0.568. The molecule has 0 aliphatic carbocycles. The van der Waals surface area contributed by atoms with E-state index in [-0.39, 0.29) is 11.4 Å². The van der Waals surface area contributed by atoms with Crippen molar-refractivity contribution in [2.24, 2.45) is 10.8 Å². The van der Waals surface area contributed by atoms with Gasteiger partial charge in [0.2, 0.25) is 0 Å². The first-order valence-electron chi connectivity index (χ1n) is 8.98. The van der Waals surface area contributed by atoms with Crippen LogP contribution in [0.15, 0.2) is 30.3 Å². The Hall–Kier alpha value is -1.31. The van der Waals surface area contributed by atoms with Gasteiger partial charge in [-0.1, -0.05) is 85.7 Å². The summed E-state index contributed by atoms with van der Waals surface area (Å²) in [5.74, 6) is -0.0891. The number of hydrogen-bond acceptors (Lipinski definition) is 2. The highest BCUT2D eigenvalue weighted by atomic mass is 16.5. The van der Waals surface area contributed by atoms with Crippen molar-refractivity contribution in [3.63, 3.8) is 0 Å². The van der Waals surface area contributed by atoms with Crippen LogP contribution >= 0.6 is 0 Å². The minimum atomic E-state index is -0.396. The molecule has 1 unspecified atom stereocenters. The third-order valence-electron chi connectivity index (χ3n) is 3.41. The maximum atomic E-state index is 12.3. The van der Waals surface area contributed by atoms with Gasteiger partial charge in [0.15, 0.2) is 0 Å². The second-order valence-electron chi connectivity index (χ2n) is 6.71. The summed E-state index contributed by atoms with van der Waals surface area (Å²) in [5, 5.41) is 0. The summed E-state index contributed by atoms with van der Waals surface area (Å²) in [6.45, 7) is 18.9. The molecular weight excluding hydrogens is 284 g/mol. The summed E-state index contributed by atoms with van der Waals surface area (Å²) in [4.78, 5) is 12.3. The van der Waals surface area contributed by atoms with Crippen molar-refractivity contribution >= 4 is 5.97 Å². The van der Waals surface area contributed by atoms with Crippen molar-refractivity contribution in [2.75, 3.05) is 0 Å². The average Bonchev–Trinajstić information content (AvgIpc) is 2.55. The molecule has 0 heterocycles. The lowest BCUT2D eigenvalue weighted by molar-refractivity contribution is -0.158. The van der Waals surface area contributed by atoms with Crippen LogP contribution in [-0.4, -0.2) is 5.97 Å². The molecule has 0 radical (unpaired) electrons. The van der Waals surface area contributed by atoms with Crippen LogP contribution < -0.4 is 0 Å². The molecule has 134 valence electrons. The van der Waals surface area contributed by atoms with E-state index >= 15 is 0 Å². The Morgan fingerprint density at radius 2 is 1.43 bits per heavy atom. The Morgan fingerprint density at radius 3 is 1.83 bits per heavy atom. The molecular formula is C21H38O2. The van der Waals surface area contributed by atoms with Crippen molar-refractivity contribution in [3.05, 3.63) is 35.9 Å². The number of ether oxygens (including phenoxy) is 1. The third kappa shape index (κ3) is 10.1. The largest absolute Gasteiger partial charge is 0.460 e. The molecule has 23 heavy (non-hydrogen) atoms. The standard InChI is InChI=1S/C17H26O2.2C2H6/c1-6-17(5,13-16(2,3)4)15(18)19-12-14-10-8-7-9-11-14;2*1-2/h7-11H,6,12-13H2,1-5H3;2*1-2H3. The zero-order valence-electron chi connectivity index (χ0n) is 16.8. The predicted molar refractivity (Wildman–Crippen MR) is 101 cm³/mol. The number of carbonyl (C=O) groups is 1. The zero-order valence-corrected chi connectivity index (χ0v) is 16.8. The van der Waals surface area contributed by atoms with Crippen LogP contribution in [0, 0.1) is 10.8 Å². The third-order valence-corrected chi connectivity index (χ3v) is 3.41. The summed E-state index contributed by atoms with van der Waals surface area (Å²) in [6, 6.07) is 9.82. The lowest BCUT2D eigenvalue weighted by Crippen LogP contribution is -2.33. The number of carbonyl (C=O) groups excluding carboxylic acids is 1. The average molecular weight is 323 g/mol. The van der Waals surface area contributed by atoms with E-state index in [1.165, 1.54) is 0 Å². The lowest BCUT2D eigenvalue weighted by Gasteiger charge is -2.32. The molecule has 0 amide bonds. The molecule has 2 nitrogen and oxygen atoms in total. The van der Waals surface area contributed by atoms with Gasteiger partial charge >= 0.3 is 5.97 Å². The molecule has 0 spiro atoms. The summed E-state index contributed by atoms with van der Waals surface area (Å²) in [7, 11) is 0. The summed E-state index contributed by atoms with van der Waals surface area (Å²) in [5.41, 5.74) is 0.758. The van der Waals surface area contributed by atoms with Crippen LogP contribution in [-0.2, 0) is 16.1 Å². The van der Waals surface area contributed by atoms with Crippen molar-refractivity contribution in [2.45, 2.75) is 81.8 Å². The fourth-order valence-electron chi connectivity index (χ4n) is 2.41. The van der Waals surface area contributed by atoms with Crippen molar-refractivity contribution in [3.8, 4) is 0 Å². The van der Waals surface area contributed by atoms with E-state index in [1.54, 1.807) is 0 Å². The molecule has 1 aromatic carbocycles. The van der Waals surface area contributed by atoms with Gasteiger partial charge in [-0.25, -0.2) is 0 Å². The van der Waals surface area contributed by atoms with Gasteiger partial charge in [0.05, 0.1) is 5.41 Å². The van der Waals surface area contributed by atoms with E-state index in [1.807, 2.05) is 65.0 Å². The summed E-state index contributed by atoms with van der Waals surface area (Å²) >= 11 is 0. The first-order chi connectivity index (χ1) is 10.8. The van der Waals surface area contributed by atoms with Crippen LogP contribution in [0.4, 0.5) is 0 Å². The first kappa shape index (κ1) is 23.9. The zero-order chi connectivity index (χ0) is 18.5. The van der Waals surface area contributed by atoms with E-state index < -0.39 is 5.41 Å². The molecule has 0 bridgehead atoms. The minimum Gasteiger partial charge on any atom is -0.460 e. The second-order valence-corrected chi connectivity index (χ2v) is 6.71. The van der Waals surface area contributed by atoms with Gasteiger partial charge < -0.3 is 4.74 Å². The van der Waals surface area contributed by atoms with E-state index in [4.69, 9.17) is 4.74 Å². The van der Waals surface area contributed by atoms with Gasteiger partial charge in [0, 0.05) is 0 Å². The summed E-state index contributed by atoms with van der Waals surface area (Å²) < 4.78 is 5.49. The van der Waals surface area contributed by atoms with Crippen molar-refractivity contribution < 1.29 is 9.53 Å². The Balaban J connectivity index is 0. The van der Waals surface area contributed by atoms with E-state index in [0.717, 1.165) is 18.4 Å². The van der Waals surface area contributed by atoms with Crippen LogP contribution in [0.5, 0.6) is 0 Å². The van der Waals surface area contributed by atoms with E-state index in [9.17, 15) is 4.79 Å². The van der Waals surface area contributed by atoms with Crippen molar-refractivity contribution in [1.82, 2.24) is 0 Å². The number of rotatable bonds is 5. The van der Waals surface area contributed by atoms with Gasteiger partial charge in [-0.2, -0.15) is 0 Å². The molecule has 0 aliphatic heterocycles. The maximum Gasteiger partial charge on any atom is 0.312 e. The highest BCUT2D eigenvalue weighted by Gasteiger charge is 2.36. The molecule has 1 rings (SSSR count). The monoisotopic (exact) mass is 322 g/mol. The lowest BCUT2D eigenvalue weighted by atomic mass is 9.73. The van der Waals surface area contributed by atoms with Gasteiger partial charge in [-0.3, -0.25) is 4.79 Å². The fourth-order valence-corrected chi connectivity index (χ4v) is 2.41. The molecule has 2 heteroatoms. The minimum absolute atomic E-state index is 0.0891. The highest BCUT2D eigenvalue weighted by Crippen LogP contribution is 2.37. The smallest absolute Gasteiger partial charge is 0.312 e. The first-order valence-corrected chi connectivity index (χ1v) is 8.98. The Labute approximate surface area is 144 Å². The molecule has 0 fully saturated rings. The fraction of sp³-hybridized carbons (Fsp3) is 0.667. The predicted octanol–water partition coefficient (Wildman–Crippen LogP) is 6.63. The number of hydrogen-bond donors (Lipinski definition) is 0. The van der Waals surface area contributed by atoms with Crippen LogP contribution in [0.25, 0.3) is 0 Å². The van der Waals surface area contributed by atoms with Gasteiger partial charge in [-0.15, -0.1) is 0 Å².